The van der Waals surface area contributed by atoms with Gasteiger partial charge in [-0.3, -0.25) is 0 Å². The molecule has 1 aromatic heterocycles. The zero-order chi connectivity index (χ0) is 13.2. The molecule has 0 spiro atoms. The molecule has 2 aliphatic rings. The van der Waals surface area contributed by atoms with Crippen molar-refractivity contribution in [2.24, 2.45) is 0 Å². The lowest BCUT2D eigenvalue weighted by molar-refractivity contribution is 0.193. The lowest BCUT2D eigenvalue weighted by Crippen LogP contribution is -2.32. The van der Waals surface area contributed by atoms with Crippen LogP contribution >= 0.6 is 11.6 Å². The van der Waals surface area contributed by atoms with Gasteiger partial charge in [0.2, 0.25) is 0 Å². The second-order valence-corrected chi connectivity index (χ2v) is 5.82. The van der Waals surface area contributed by atoms with Crippen molar-refractivity contribution in [3.8, 4) is 0 Å². The Hall–Kier alpha value is -0.840. The molecular weight excluding hydrogens is 262 g/mol. The smallest absolute Gasteiger partial charge is 0.128 e. The van der Waals surface area contributed by atoms with Crippen molar-refractivity contribution in [2.75, 3.05) is 25.2 Å². The van der Waals surface area contributed by atoms with Crippen molar-refractivity contribution in [3.63, 3.8) is 0 Å². The van der Waals surface area contributed by atoms with Crippen LogP contribution in [0.2, 0.25) is 5.02 Å². The van der Waals surface area contributed by atoms with Gasteiger partial charge >= 0.3 is 0 Å². The Bertz CT molecular complexity index is 444. The van der Waals surface area contributed by atoms with E-state index in [-0.39, 0.29) is 0 Å². The van der Waals surface area contributed by atoms with E-state index in [9.17, 15) is 0 Å². The minimum Gasteiger partial charge on any atom is -0.379 e. The van der Waals surface area contributed by atoms with Crippen molar-refractivity contribution < 1.29 is 4.74 Å². The third-order valence-electron chi connectivity index (χ3n) is 3.89. The van der Waals surface area contributed by atoms with E-state index in [1.54, 1.807) is 6.20 Å². The summed E-state index contributed by atoms with van der Waals surface area (Å²) in [6.07, 6.45) is 5.40. The van der Waals surface area contributed by atoms with Gasteiger partial charge in [0.15, 0.2) is 0 Å². The van der Waals surface area contributed by atoms with Gasteiger partial charge in [0.1, 0.15) is 5.82 Å². The number of hydrogen-bond acceptors (Lipinski definition) is 4. The average Bonchev–Trinajstić information content (AvgIpc) is 3.09. The molecule has 0 radical (unpaired) electrons. The van der Waals surface area contributed by atoms with E-state index in [1.165, 1.54) is 12.8 Å². The molecule has 3 rings (SSSR count). The molecular formula is C14H20ClN3O. The molecule has 2 fully saturated rings. The van der Waals surface area contributed by atoms with Gasteiger partial charge < -0.3 is 15.0 Å². The molecule has 4 nitrogen and oxygen atoms in total. The monoisotopic (exact) mass is 281 g/mol. The maximum atomic E-state index is 6.22. The van der Waals surface area contributed by atoms with Crippen molar-refractivity contribution >= 4 is 17.4 Å². The summed E-state index contributed by atoms with van der Waals surface area (Å²) in [4.78, 5) is 6.64. The highest BCUT2D eigenvalue weighted by molar-refractivity contribution is 6.31. The van der Waals surface area contributed by atoms with Crippen LogP contribution in [0.3, 0.4) is 0 Å². The number of likely N-dealkylation sites (N-methyl/N-ethyl adjacent to an activating group) is 1. The Balaban J connectivity index is 1.71. The maximum absolute atomic E-state index is 6.22. The molecule has 0 bridgehead atoms. The number of hydrogen-bond donors (Lipinski definition) is 1. The number of nitrogens with one attached hydrogen (secondary N) is 1. The average molecular weight is 282 g/mol. The van der Waals surface area contributed by atoms with Crippen LogP contribution in [0.4, 0.5) is 5.82 Å². The van der Waals surface area contributed by atoms with Gasteiger partial charge in [-0.05, 0) is 30.9 Å². The zero-order valence-corrected chi connectivity index (χ0v) is 12.0. The molecule has 1 atom stereocenters. The molecule has 0 aromatic carbocycles. The van der Waals surface area contributed by atoms with E-state index >= 15 is 0 Å². The predicted octanol–water partition coefficient (Wildman–Crippen LogP) is 2.21. The lowest BCUT2D eigenvalue weighted by Gasteiger charge is -2.24. The fraction of sp³-hybridized carbons (Fsp3) is 0.643. The quantitative estimate of drug-likeness (QED) is 0.898. The summed E-state index contributed by atoms with van der Waals surface area (Å²) >= 11 is 6.22. The molecule has 104 valence electrons. The summed E-state index contributed by atoms with van der Waals surface area (Å²) in [7, 11) is 2.08. The van der Waals surface area contributed by atoms with E-state index in [1.807, 2.05) is 0 Å². The van der Waals surface area contributed by atoms with Crippen LogP contribution in [0.1, 0.15) is 24.8 Å². The Morgan fingerprint density at radius 2 is 2.32 bits per heavy atom. The van der Waals surface area contributed by atoms with Gasteiger partial charge in [-0.25, -0.2) is 4.98 Å². The van der Waals surface area contributed by atoms with Crippen LogP contribution in [0.25, 0.3) is 0 Å². The second kappa shape index (κ2) is 5.65. The molecule has 1 saturated carbocycles. The molecule has 0 amide bonds. The first-order valence-electron chi connectivity index (χ1n) is 6.92. The van der Waals surface area contributed by atoms with Crippen LogP contribution in [0.15, 0.2) is 12.3 Å². The van der Waals surface area contributed by atoms with Gasteiger partial charge in [-0.1, -0.05) is 11.6 Å². The minimum atomic E-state index is 0.429. The maximum Gasteiger partial charge on any atom is 0.128 e. The summed E-state index contributed by atoms with van der Waals surface area (Å²) in [5.41, 5.74) is 1.13. The van der Waals surface area contributed by atoms with Gasteiger partial charge in [0.05, 0.1) is 17.7 Å². The fourth-order valence-electron chi connectivity index (χ4n) is 2.35. The van der Waals surface area contributed by atoms with Gasteiger partial charge in [0.25, 0.3) is 0 Å². The van der Waals surface area contributed by atoms with Crippen LogP contribution in [0.5, 0.6) is 0 Å². The molecule has 1 unspecified atom stereocenters. The highest BCUT2D eigenvalue weighted by Crippen LogP contribution is 2.25. The molecule has 2 heterocycles. The number of aromatic nitrogens is 1. The summed E-state index contributed by atoms with van der Waals surface area (Å²) < 4.78 is 5.43. The standard InChI is InChI=1S/C14H20ClN3O/c1-18(12-4-5-19-9-12)14-6-10(13(15)8-17-14)7-16-11-2-3-11/h6,8,11-12,16H,2-5,7,9H2,1H3. The SMILES string of the molecule is CN(c1cc(CNC2CC2)c(Cl)cn1)C1CCOC1. The van der Waals surface area contributed by atoms with Gasteiger partial charge in [-0.15, -0.1) is 0 Å². The Morgan fingerprint density at radius 1 is 1.47 bits per heavy atom. The first kappa shape index (κ1) is 13.2. The first-order valence-corrected chi connectivity index (χ1v) is 7.30. The molecule has 1 aliphatic carbocycles. The molecule has 1 aromatic rings. The topological polar surface area (TPSA) is 37.4 Å². The van der Waals surface area contributed by atoms with Gasteiger partial charge in [-0.2, -0.15) is 0 Å². The number of anilines is 1. The Kier molecular flexibility index (Phi) is 3.91. The second-order valence-electron chi connectivity index (χ2n) is 5.42. The predicted molar refractivity (Wildman–Crippen MR) is 76.7 cm³/mol. The van der Waals surface area contributed by atoms with Crippen LogP contribution < -0.4 is 10.2 Å². The van der Waals surface area contributed by atoms with E-state index in [0.717, 1.165) is 42.6 Å². The van der Waals surface area contributed by atoms with Crippen molar-refractivity contribution in [1.82, 2.24) is 10.3 Å². The molecule has 5 heteroatoms. The number of halogens is 1. The van der Waals surface area contributed by atoms with E-state index in [4.69, 9.17) is 16.3 Å². The summed E-state index contributed by atoms with van der Waals surface area (Å²) in [6.45, 7) is 2.46. The number of rotatable bonds is 5. The number of pyridine rings is 1. The molecule has 1 aliphatic heterocycles. The van der Waals surface area contributed by atoms with Crippen LogP contribution in [0, 0.1) is 0 Å². The number of nitrogens with zero attached hydrogens (tertiary/aromatic N) is 2. The lowest BCUT2D eigenvalue weighted by atomic mass is 10.2. The van der Waals surface area contributed by atoms with E-state index in [0.29, 0.717) is 12.1 Å². The van der Waals surface area contributed by atoms with E-state index in [2.05, 4.69) is 28.3 Å². The largest absolute Gasteiger partial charge is 0.379 e. The van der Waals surface area contributed by atoms with E-state index < -0.39 is 0 Å². The molecule has 19 heavy (non-hydrogen) atoms. The Morgan fingerprint density at radius 3 is 3.00 bits per heavy atom. The summed E-state index contributed by atoms with van der Waals surface area (Å²) in [5.74, 6) is 0.979. The first-order chi connectivity index (χ1) is 9.24. The van der Waals surface area contributed by atoms with Crippen molar-refractivity contribution in [3.05, 3.63) is 22.8 Å². The highest BCUT2D eigenvalue weighted by Gasteiger charge is 2.23. The number of ether oxygens (including phenoxy) is 1. The third kappa shape index (κ3) is 3.19. The minimum absolute atomic E-state index is 0.429. The third-order valence-corrected chi connectivity index (χ3v) is 4.23. The molecule has 1 N–H and O–H groups in total. The summed E-state index contributed by atoms with van der Waals surface area (Å²) in [6, 6.07) is 3.21. The fourth-order valence-corrected chi connectivity index (χ4v) is 2.52. The van der Waals surface area contributed by atoms with Crippen LogP contribution in [-0.4, -0.2) is 37.3 Å². The summed E-state index contributed by atoms with van der Waals surface area (Å²) in [5, 5.41) is 4.24. The van der Waals surface area contributed by atoms with Crippen molar-refractivity contribution in [2.45, 2.75) is 37.9 Å². The zero-order valence-electron chi connectivity index (χ0n) is 11.2. The highest BCUT2D eigenvalue weighted by atomic mass is 35.5. The van der Waals surface area contributed by atoms with Crippen molar-refractivity contribution in [1.29, 1.82) is 0 Å². The normalized spacial score (nSPS) is 22.7. The van der Waals surface area contributed by atoms with Gasteiger partial charge in [0, 0.05) is 32.4 Å². The Labute approximate surface area is 119 Å². The van der Waals surface area contributed by atoms with Crippen LogP contribution in [-0.2, 0) is 11.3 Å². The molecule has 1 saturated heterocycles.